The highest BCUT2D eigenvalue weighted by molar-refractivity contribution is 7.93. The smallest absolute Gasteiger partial charge is 0.260 e. The molecular weight excluding hydrogens is 335 g/mol. The number of rotatable bonds is 4. The summed E-state index contributed by atoms with van der Waals surface area (Å²) in [5, 5.41) is 12.2. The normalized spacial score (nSPS) is 11.5. The molecule has 3 rings (SSSR count). The van der Waals surface area contributed by atoms with E-state index in [9.17, 15) is 12.8 Å². The summed E-state index contributed by atoms with van der Waals surface area (Å²) >= 11 is 2.60. The third-order valence-corrected chi connectivity index (χ3v) is 5.41. The molecule has 0 saturated heterocycles. The average Bonchev–Trinajstić information content (AvgIpc) is 3.08. The first-order valence-corrected chi connectivity index (χ1v) is 8.78. The molecule has 21 heavy (non-hydrogen) atoms. The van der Waals surface area contributed by atoms with Gasteiger partial charge in [-0.2, -0.15) is 11.3 Å². The molecule has 6 nitrogen and oxygen atoms in total. The minimum atomic E-state index is -3.93. The highest BCUT2D eigenvalue weighted by Crippen LogP contribution is 2.29. The van der Waals surface area contributed by atoms with Gasteiger partial charge in [0.1, 0.15) is 15.7 Å². The molecule has 1 N–H and O–H groups in total. The van der Waals surface area contributed by atoms with Gasteiger partial charge in [-0.05, 0) is 17.5 Å². The van der Waals surface area contributed by atoms with Crippen LogP contribution >= 0.6 is 22.7 Å². The van der Waals surface area contributed by atoms with Crippen LogP contribution < -0.4 is 4.72 Å². The van der Waals surface area contributed by atoms with Crippen LogP contribution in [-0.2, 0) is 10.0 Å². The summed E-state index contributed by atoms with van der Waals surface area (Å²) in [6, 6.07) is 2.75. The lowest BCUT2D eigenvalue weighted by molar-refractivity contribution is 0.592. The molecule has 0 bridgehead atoms. The van der Waals surface area contributed by atoms with Crippen LogP contribution in [0.5, 0.6) is 0 Å². The lowest BCUT2D eigenvalue weighted by atomic mass is 10.4. The summed E-state index contributed by atoms with van der Waals surface area (Å²) in [6.45, 7) is 0. The maximum Gasteiger partial charge on any atom is 0.265 e. The van der Waals surface area contributed by atoms with E-state index >= 15 is 0 Å². The third-order valence-electron chi connectivity index (χ3n) is 2.40. The van der Waals surface area contributed by atoms with E-state index in [-0.39, 0.29) is 10.0 Å². The van der Waals surface area contributed by atoms with Crippen molar-refractivity contribution in [3.8, 4) is 10.6 Å². The van der Waals surface area contributed by atoms with Crippen LogP contribution in [0.25, 0.3) is 10.6 Å². The van der Waals surface area contributed by atoms with Gasteiger partial charge in [0.05, 0.1) is 6.20 Å². The monoisotopic (exact) mass is 342 g/mol. The molecule has 0 aliphatic heterocycles. The van der Waals surface area contributed by atoms with Crippen molar-refractivity contribution in [1.29, 1.82) is 0 Å². The lowest BCUT2D eigenvalue weighted by Gasteiger charge is -2.03. The summed E-state index contributed by atoms with van der Waals surface area (Å²) < 4.78 is 39.5. The van der Waals surface area contributed by atoms with Crippen molar-refractivity contribution < 1.29 is 12.8 Å². The number of hydrogen-bond donors (Lipinski definition) is 1. The van der Waals surface area contributed by atoms with Gasteiger partial charge < -0.3 is 0 Å². The number of nitrogens with zero attached hydrogens (tertiary/aromatic N) is 3. The van der Waals surface area contributed by atoms with Gasteiger partial charge in [0, 0.05) is 17.1 Å². The molecule has 0 fully saturated rings. The van der Waals surface area contributed by atoms with Crippen molar-refractivity contribution in [2.45, 2.75) is 4.90 Å². The topological polar surface area (TPSA) is 84.8 Å². The van der Waals surface area contributed by atoms with Crippen LogP contribution in [0.4, 0.5) is 9.52 Å². The second kappa shape index (κ2) is 5.47. The van der Waals surface area contributed by atoms with Crippen molar-refractivity contribution in [3.63, 3.8) is 0 Å². The van der Waals surface area contributed by atoms with E-state index in [2.05, 4.69) is 19.9 Å². The van der Waals surface area contributed by atoms with Gasteiger partial charge >= 0.3 is 0 Å². The van der Waals surface area contributed by atoms with E-state index in [0.29, 0.717) is 5.01 Å². The second-order valence-electron chi connectivity index (χ2n) is 3.87. The van der Waals surface area contributed by atoms with Crippen LogP contribution in [0.3, 0.4) is 0 Å². The minimum Gasteiger partial charge on any atom is -0.260 e. The van der Waals surface area contributed by atoms with Gasteiger partial charge in [-0.25, -0.2) is 12.8 Å². The Bertz CT molecular complexity index is 861. The van der Waals surface area contributed by atoms with Crippen LogP contribution in [0, 0.1) is 5.82 Å². The van der Waals surface area contributed by atoms with Crippen LogP contribution in [0.1, 0.15) is 0 Å². The first-order chi connectivity index (χ1) is 10.0. The predicted molar refractivity (Wildman–Crippen MR) is 78.2 cm³/mol. The van der Waals surface area contributed by atoms with Gasteiger partial charge in [-0.3, -0.25) is 9.71 Å². The molecular formula is C11H7FN4O2S3. The molecule has 0 spiro atoms. The molecule has 3 heterocycles. The molecule has 3 aromatic rings. The molecule has 10 heteroatoms. The van der Waals surface area contributed by atoms with Gasteiger partial charge in [0.15, 0.2) is 0 Å². The summed E-state index contributed by atoms with van der Waals surface area (Å²) in [7, 11) is -3.93. The fourth-order valence-electron chi connectivity index (χ4n) is 1.48. The Balaban J connectivity index is 1.86. The van der Waals surface area contributed by atoms with Crippen molar-refractivity contribution in [2.75, 3.05) is 4.72 Å². The fraction of sp³-hybridized carbons (Fsp3) is 0. The van der Waals surface area contributed by atoms with E-state index in [1.54, 1.807) is 0 Å². The van der Waals surface area contributed by atoms with Crippen LogP contribution in [0.15, 0.2) is 40.2 Å². The van der Waals surface area contributed by atoms with E-state index in [1.807, 2.05) is 16.8 Å². The number of hydrogen-bond acceptors (Lipinski definition) is 7. The molecule has 0 unspecified atom stereocenters. The molecule has 0 amide bonds. The van der Waals surface area contributed by atoms with E-state index in [0.717, 1.165) is 35.4 Å². The minimum absolute atomic E-state index is 0.112. The fourth-order valence-corrected chi connectivity index (χ4v) is 4.14. The van der Waals surface area contributed by atoms with Crippen LogP contribution in [0.2, 0.25) is 0 Å². The molecule has 0 aliphatic carbocycles. The largest absolute Gasteiger partial charge is 0.265 e. The van der Waals surface area contributed by atoms with Crippen molar-refractivity contribution >= 4 is 37.8 Å². The predicted octanol–water partition coefficient (Wildman–Crippen LogP) is 2.60. The number of pyridine rings is 1. The van der Waals surface area contributed by atoms with Crippen LogP contribution in [-0.4, -0.2) is 23.6 Å². The number of anilines is 1. The van der Waals surface area contributed by atoms with Gasteiger partial charge in [0.2, 0.25) is 5.13 Å². The van der Waals surface area contributed by atoms with Crippen molar-refractivity contribution in [3.05, 3.63) is 41.1 Å². The number of sulfonamides is 1. The number of halogens is 1. The number of nitrogens with one attached hydrogen (secondary N) is 1. The Kier molecular flexibility index (Phi) is 3.66. The maximum absolute atomic E-state index is 13.0. The zero-order valence-electron chi connectivity index (χ0n) is 10.2. The Morgan fingerprint density at radius 3 is 2.81 bits per heavy atom. The Morgan fingerprint density at radius 1 is 1.24 bits per heavy atom. The number of thiophene rings is 1. The summed E-state index contributed by atoms with van der Waals surface area (Å²) in [5.74, 6) is -0.728. The Hall–Kier alpha value is -1.91. The lowest BCUT2D eigenvalue weighted by Crippen LogP contribution is -2.13. The molecule has 0 radical (unpaired) electrons. The standard InChI is InChI=1S/C11H7FN4O2S3/c12-8-3-9(5-13-4-8)21(17,18)16-11-15-14-10(20-11)7-1-2-19-6-7/h1-6H,(H,15,16). The SMILES string of the molecule is O=S(=O)(Nc1nnc(-c2ccsc2)s1)c1cncc(F)c1. The molecule has 0 aromatic carbocycles. The van der Waals surface area contributed by atoms with Crippen molar-refractivity contribution in [1.82, 2.24) is 15.2 Å². The Morgan fingerprint density at radius 2 is 2.10 bits per heavy atom. The first kappa shape index (κ1) is 14.0. The zero-order chi connectivity index (χ0) is 14.9. The second-order valence-corrected chi connectivity index (χ2v) is 7.31. The highest BCUT2D eigenvalue weighted by Gasteiger charge is 2.18. The molecule has 0 atom stereocenters. The zero-order valence-corrected chi connectivity index (χ0v) is 12.7. The number of aromatic nitrogens is 3. The highest BCUT2D eigenvalue weighted by atomic mass is 32.2. The van der Waals surface area contributed by atoms with Gasteiger partial charge in [-0.1, -0.05) is 11.3 Å². The molecule has 3 aromatic heterocycles. The maximum atomic E-state index is 13.0. The van der Waals surface area contributed by atoms with E-state index < -0.39 is 15.8 Å². The van der Waals surface area contributed by atoms with E-state index in [4.69, 9.17) is 0 Å². The van der Waals surface area contributed by atoms with Crippen molar-refractivity contribution in [2.24, 2.45) is 0 Å². The van der Waals surface area contributed by atoms with E-state index in [1.165, 1.54) is 11.3 Å². The third kappa shape index (κ3) is 3.06. The first-order valence-electron chi connectivity index (χ1n) is 5.54. The summed E-state index contributed by atoms with van der Waals surface area (Å²) in [6.07, 6.45) is 1.99. The average molecular weight is 342 g/mol. The van der Waals surface area contributed by atoms with Gasteiger partial charge in [0.25, 0.3) is 10.0 Å². The molecule has 0 saturated carbocycles. The van der Waals surface area contributed by atoms with Gasteiger partial charge in [-0.15, -0.1) is 10.2 Å². The Labute approximate surface area is 127 Å². The summed E-state index contributed by atoms with van der Waals surface area (Å²) in [5.41, 5.74) is 0.871. The summed E-state index contributed by atoms with van der Waals surface area (Å²) in [4.78, 5) is 3.24. The quantitative estimate of drug-likeness (QED) is 0.788. The molecule has 0 aliphatic rings. The molecule has 108 valence electrons.